The second-order valence-electron chi connectivity index (χ2n) is 2.26. The molecule has 0 saturated carbocycles. The van der Waals surface area contributed by atoms with Gasteiger partial charge in [-0.3, -0.25) is 0 Å². The van der Waals surface area contributed by atoms with Gasteiger partial charge in [0.15, 0.2) is 0 Å². The minimum Gasteiger partial charge on any atom is -0.652 e. The number of rotatable bonds is 4. The van der Waals surface area contributed by atoms with Crippen LogP contribution in [0, 0.1) is 12.3 Å². The number of unbranched alkanes of at least 4 members (excludes halogenated alkanes) is 4. The Bertz CT molecular complexity index is 131. The smallest absolute Gasteiger partial charge is 0.00860 e. The Kier molecular flexibility index (Phi) is 14.0. The van der Waals surface area contributed by atoms with E-state index in [1.54, 1.807) is 0 Å². The van der Waals surface area contributed by atoms with E-state index in [-0.39, 0.29) is 0 Å². The number of carbonyl (C=O) groups is 1. The first kappa shape index (κ1) is 13.4. The Morgan fingerprint density at radius 1 is 1.33 bits per heavy atom. The fourth-order valence-electron chi connectivity index (χ4n) is 0.654. The van der Waals surface area contributed by atoms with E-state index < -0.39 is 6.16 Å². The molecule has 0 aliphatic carbocycles. The lowest BCUT2D eigenvalue weighted by Crippen LogP contribution is -2.37. The first-order valence-electron chi connectivity index (χ1n) is 3.96. The first-order valence-corrected chi connectivity index (χ1v) is 3.96. The van der Waals surface area contributed by atoms with Gasteiger partial charge in [-0.05, 0) is 12.6 Å². The molecule has 0 aliphatic heterocycles. The van der Waals surface area contributed by atoms with E-state index in [9.17, 15) is 0 Å². The lowest BCUT2D eigenvalue weighted by atomic mass is 10.2. The van der Waals surface area contributed by atoms with Crippen molar-refractivity contribution in [3.8, 4) is 12.3 Å². The van der Waals surface area contributed by atoms with Gasteiger partial charge < -0.3 is 15.0 Å². The largest absolute Gasteiger partial charge is 0.652 e. The third-order valence-corrected chi connectivity index (χ3v) is 1.17. The molecule has 0 bridgehead atoms. The van der Waals surface area contributed by atoms with Gasteiger partial charge in [0.05, 0.1) is 0 Å². The van der Waals surface area contributed by atoms with Crippen LogP contribution < -0.4 is 10.2 Å². The Balaban J connectivity index is 0. The highest BCUT2D eigenvalue weighted by molar-refractivity contribution is 5.47. The van der Waals surface area contributed by atoms with E-state index in [0.717, 1.165) is 6.42 Å². The third-order valence-electron chi connectivity index (χ3n) is 1.17. The normalized spacial score (nSPS) is 7.67. The van der Waals surface area contributed by atoms with Crippen LogP contribution in [0.25, 0.3) is 0 Å². The van der Waals surface area contributed by atoms with Crippen molar-refractivity contribution in [2.24, 2.45) is 0 Å². The summed E-state index contributed by atoms with van der Waals surface area (Å²) >= 11 is 0. The zero-order chi connectivity index (χ0) is 9.82. The van der Waals surface area contributed by atoms with Crippen molar-refractivity contribution in [1.29, 1.82) is 0 Å². The molecule has 12 heavy (non-hydrogen) atoms. The maximum atomic E-state index is 8.33. The molecule has 0 radical (unpaired) electrons. The maximum Gasteiger partial charge on any atom is 0.00860 e. The summed E-state index contributed by atoms with van der Waals surface area (Å²) < 4.78 is 0. The highest BCUT2D eigenvalue weighted by atomic mass is 16.6. The molecule has 70 valence electrons. The van der Waals surface area contributed by atoms with E-state index >= 15 is 0 Å². The molecule has 0 fully saturated rings. The predicted octanol–water partition coefficient (Wildman–Crippen LogP) is 0.143. The molecule has 0 aromatic carbocycles. The van der Waals surface area contributed by atoms with E-state index in [0.29, 0.717) is 0 Å². The van der Waals surface area contributed by atoms with Gasteiger partial charge in [-0.25, -0.2) is 0 Å². The van der Waals surface area contributed by atoms with Gasteiger partial charge in [-0.2, -0.15) is 0 Å². The zero-order valence-electron chi connectivity index (χ0n) is 7.34. The van der Waals surface area contributed by atoms with E-state index in [1.807, 2.05) is 0 Å². The summed E-state index contributed by atoms with van der Waals surface area (Å²) in [6, 6.07) is 0. The number of carboxylic acid groups (broad SMARTS) is 2. The summed E-state index contributed by atoms with van der Waals surface area (Å²) in [6.07, 6.45) is 8.84. The van der Waals surface area contributed by atoms with Crippen LogP contribution in [0.1, 0.15) is 39.0 Å². The van der Waals surface area contributed by atoms with Crippen molar-refractivity contribution in [2.75, 3.05) is 0 Å². The van der Waals surface area contributed by atoms with E-state index in [4.69, 9.17) is 21.4 Å². The van der Waals surface area contributed by atoms with Crippen LogP contribution >= 0.6 is 0 Å². The van der Waals surface area contributed by atoms with Crippen molar-refractivity contribution in [3.05, 3.63) is 0 Å². The van der Waals surface area contributed by atoms with Gasteiger partial charge in [0.1, 0.15) is 0 Å². The van der Waals surface area contributed by atoms with Crippen LogP contribution in [0.4, 0.5) is 4.79 Å². The Morgan fingerprint density at radius 3 is 2.17 bits per heavy atom. The summed E-state index contributed by atoms with van der Waals surface area (Å²) in [6.45, 7) is 2.20. The number of hydrogen-bond acceptors (Lipinski definition) is 3. The molecule has 3 heteroatoms. The lowest BCUT2D eigenvalue weighted by molar-refractivity contribution is -0.415. The second kappa shape index (κ2) is 12.5. The lowest BCUT2D eigenvalue weighted by Gasteiger charge is -1.96. The van der Waals surface area contributed by atoms with Gasteiger partial charge in [-0.1, -0.05) is 26.2 Å². The molecule has 0 aromatic rings. The Morgan fingerprint density at radius 2 is 1.83 bits per heavy atom. The molecule has 0 unspecified atom stereocenters. The third kappa shape index (κ3) is 36.9. The van der Waals surface area contributed by atoms with Crippen molar-refractivity contribution < 1.29 is 15.0 Å². The van der Waals surface area contributed by atoms with Crippen molar-refractivity contribution in [2.45, 2.75) is 39.0 Å². The van der Waals surface area contributed by atoms with Crippen LogP contribution in [-0.4, -0.2) is 6.16 Å². The minimum absolute atomic E-state index is 0.958. The Labute approximate surface area is 73.4 Å². The predicted molar refractivity (Wildman–Crippen MR) is 43.0 cm³/mol. The van der Waals surface area contributed by atoms with Crippen molar-refractivity contribution in [1.82, 2.24) is 0 Å². The van der Waals surface area contributed by atoms with Crippen molar-refractivity contribution >= 4 is 6.16 Å². The molecule has 0 atom stereocenters. The van der Waals surface area contributed by atoms with E-state index in [2.05, 4.69) is 12.8 Å². The molecule has 0 spiro atoms. The average molecular weight is 170 g/mol. The van der Waals surface area contributed by atoms with Gasteiger partial charge >= 0.3 is 0 Å². The maximum absolute atomic E-state index is 8.33. The molecule has 3 nitrogen and oxygen atoms in total. The van der Waals surface area contributed by atoms with Gasteiger partial charge in [0, 0.05) is 6.42 Å². The summed E-state index contributed by atoms with van der Waals surface area (Å²) in [5, 5.41) is 16.7. The highest BCUT2D eigenvalue weighted by Gasteiger charge is 1.81. The summed E-state index contributed by atoms with van der Waals surface area (Å²) in [4.78, 5) is 8.33. The molecule has 0 saturated heterocycles. The van der Waals surface area contributed by atoms with Crippen LogP contribution in [0.15, 0.2) is 0 Å². The monoisotopic (exact) mass is 170 g/mol. The van der Waals surface area contributed by atoms with Crippen LogP contribution in [-0.2, 0) is 0 Å². The van der Waals surface area contributed by atoms with Crippen LogP contribution in [0.5, 0.6) is 0 Å². The number of terminal acetylenes is 1. The number of carbonyl (C=O) groups excluding carboxylic acids is 1. The molecular weight excluding hydrogens is 156 g/mol. The molecular formula is C9H14O3-2. The number of hydrogen-bond donors (Lipinski definition) is 0. The molecule has 0 aliphatic rings. The van der Waals surface area contributed by atoms with Gasteiger partial charge in [0.2, 0.25) is 0 Å². The average Bonchev–Trinajstić information content (AvgIpc) is 1.97. The zero-order valence-corrected chi connectivity index (χ0v) is 7.34. The molecule has 0 heterocycles. The fraction of sp³-hybridized carbons (Fsp3) is 0.667. The second-order valence-corrected chi connectivity index (χ2v) is 2.26. The Hall–Kier alpha value is -1.17. The molecule has 0 amide bonds. The van der Waals surface area contributed by atoms with Gasteiger partial charge in [-0.15, -0.1) is 12.3 Å². The molecule has 0 aromatic heterocycles. The van der Waals surface area contributed by atoms with Crippen LogP contribution in [0.2, 0.25) is 0 Å². The topological polar surface area (TPSA) is 63.2 Å². The highest BCUT2D eigenvalue weighted by Crippen LogP contribution is 2.00. The molecule has 0 rings (SSSR count). The van der Waals surface area contributed by atoms with Crippen molar-refractivity contribution in [3.63, 3.8) is 0 Å². The van der Waals surface area contributed by atoms with E-state index in [1.165, 1.54) is 25.7 Å². The van der Waals surface area contributed by atoms with Gasteiger partial charge in [0.25, 0.3) is 0 Å². The van der Waals surface area contributed by atoms with Crippen LogP contribution in [0.3, 0.4) is 0 Å². The molecule has 0 N–H and O–H groups in total. The minimum atomic E-state index is -2.33. The summed E-state index contributed by atoms with van der Waals surface area (Å²) in [5.41, 5.74) is 0. The first-order chi connectivity index (χ1) is 5.65. The summed E-state index contributed by atoms with van der Waals surface area (Å²) in [5.74, 6) is 2.63. The fourth-order valence-corrected chi connectivity index (χ4v) is 0.654. The SMILES string of the molecule is C#CCCCCCC.O=C([O-])[O-]. The summed E-state index contributed by atoms with van der Waals surface area (Å²) in [7, 11) is 0. The standard InChI is InChI=1S/C8H14.CH2O3/c1-3-5-7-8-6-4-2;2-1(3)4/h1H,4-8H2,2H3;(H2,2,3,4)/p-2. The quantitative estimate of drug-likeness (QED) is 0.445.